The highest BCUT2D eigenvalue weighted by Crippen LogP contribution is 2.32. The number of carbonyl (C=O) groups is 4. The summed E-state index contributed by atoms with van der Waals surface area (Å²) >= 11 is 0. The number of hydrogen-bond donors (Lipinski definition) is 1. The third kappa shape index (κ3) is 4.05. The average molecular weight is 431 g/mol. The van der Waals surface area contributed by atoms with Gasteiger partial charge in [0.25, 0.3) is 5.91 Å². The number of fused-ring (bicyclic) bond motifs is 2. The summed E-state index contributed by atoms with van der Waals surface area (Å²) in [5.41, 5.74) is 1.61. The summed E-state index contributed by atoms with van der Waals surface area (Å²) in [6, 6.07) is 16.5. The van der Waals surface area contributed by atoms with Gasteiger partial charge in [-0.05, 0) is 30.7 Å². The van der Waals surface area contributed by atoms with Crippen molar-refractivity contribution in [3.8, 4) is 0 Å². The van der Waals surface area contributed by atoms with Crippen LogP contribution in [0.15, 0.2) is 66.7 Å². The van der Waals surface area contributed by atoms with E-state index in [0.29, 0.717) is 11.1 Å². The van der Waals surface area contributed by atoms with Crippen molar-refractivity contribution in [1.29, 1.82) is 0 Å². The Bertz CT molecular complexity index is 1250. The molecule has 0 bridgehead atoms. The lowest BCUT2D eigenvalue weighted by atomic mass is 9.83. The molecule has 0 fully saturated rings. The maximum absolute atomic E-state index is 13.0. The fourth-order valence-corrected chi connectivity index (χ4v) is 3.54. The van der Waals surface area contributed by atoms with Crippen LogP contribution in [0.2, 0.25) is 0 Å². The standard InChI is InChI=1S/C25H18FNO5/c1-14(32-21(28)13-15-9-11-16(26)12-10-15)25(31)27-20-8-4-7-19-22(20)24(30)18-6-3-2-5-17(18)23(19)29/h2-12,14H,13H2,1H3,(H,27,31). The normalized spacial score (nSPS) is 13.1. The van der Waals surface area contributed by atoms with Crippen molar-refractivity contribution in [2.45, 2.75) is 19.4 Å². The number of rotatable bonds is 5. The first-order chi connectivity index (χ1) is 15.3. The molecule has 0 heterocycles. The second kappa shape index (κ2) is 8.55. The van der Waals surface area contributed by atoms with E-state index in [-0.39, 0.29) is 40.4 Å². The fraction of sp³-hybridized carbons (Fsp3) is 0.120. The lowest BCUT2D eigenvalue weighted by Crippen LogP contribution is -2.32. The van der Waals surface area contributed by atoms with Crippen molar-refractivity contribution in [3.05, 3.63) is 100 Å². The van der Waals surface area contributed by atoms with E-state index in [1.165, 1.54) is 43.3 Å². The van der Waals surface area contributed by atoms with Gasteiger partial charge < -0.3 is 10.1 Å². The number of amides is 1. The molecule has 3 aromatic rings. The van der Waals surface area contributed by atoms with E-state index >= 15 is 0 Å². The molecule has 0 radical (unpaired) electrons. The van der Waals surface area contributed by atoms with Gasteiger partial charge in [0.1, 0.15) is 5.82 Å². The third-order valence-corrected chi connectivity index (χ3v) is 5.15. The van der Waals surface area contributed by atoms with Crippen LogP contribution >= 0.6 is 0 Å². The second-order valence-corrected chi connectivity index (χ2v) is 7.36. The molecule has 0 aliphatic heterocycles. The first-order valence-corrected chi connectivity index (χ1v) is 9.91. The van der Waals surface area contributed by atoms with E-state index in [1.807, 2.05) is 0 Å². The summed E-state index contributed by atoms with van der Waals surface area (Å²) in [4.78, 5) is 50.6. The van der Waals surface area contributed by atoms with Gasteiger partial charge in [0, 0.05) is 16.7 Å². The quantitative estimate of drug-likeness (QED) is 0.487. The van der Waals surface area contributed by atoms with Crippen LogP contribution in [-0.4, -0.2) is 29.5 Å². The van der Waals surface area contributed by atoms with Crippen molar-refractivity contribution in [2.24, 2.45) is 0 Å². The Labute approximate surface area is 183 Å². The first-order valence-electron chi connectivity index (χ1n) is 9.91. The minimum absolute atomic E-state index is 0.106. The van der Waals surface area contributed by atoms with Crippen LogP contribution in [0.5, 0.6) is 0 Å². The molecule has 0 saturated carbocycles. The molecule has 6 nitrogen and oxygen atoms in total. The smallest absolute Gasteiger partial charge is 0.311 e. The lowest BCUT2D eigenvalue weighted by molar-refractivity contribution is -0.152. The molecular weight excluding hydrogens is 413 g/mol. The highest BCUT2D eigenvalue weighted by molar-refractivity contribution is 6.30. The Kier molecular flexibility index (Phi) is 5.64. The van der Waals surface area contributed by atoms with Crippen molar-refractivity contribution in [3.63, 3.8) is 0 Å². The fourth-order valence-electron chi connectivity index (χ4n) is 3.54. The molecule has 0 spiro atoms. The number of carbonyl (C=O) groups excluding carboxylic acids is 4. The van der Waals surface area contributed by atoms with Gasteiger partial charge in [-0.25, -0.2) is 4.39 Å². The number of ketones is 2. The van der Waals surface area contributed by atoms with Crippen LogP contribution < -0.4 is 5.32 Å². The highest BCUT2D eigenvalue weighted by atomic mass is 19.1. The Morgan fingerprint density at radius 3 is 2.19 bits per heavy atom. The minimum Gasteiger partial charge on any atom is -0.452 e. The van der Waals surface area contributed by atoms with E-state index in [0.717, 1.165) is 0 Å². The van der Waals surface area contributed by atoms with E-state index in [1.54, 1.807) is 30.3 Å². The molecule has 7 heteroatoms. The SMILES string of the molecule is CC(OC(=O)Cc1ccc(F)cc1)C(=O)Nc1cccc2c1C(=O)c1ccccc1C2=O. The molecule has 32 heavy (non-hydrogen) atoms. The molecule has 1 aliphatic rings. The largest absolute Gasteiger partial charge is 0.452 e. The van der Waals surface area contributed by atoms with Crippen LogP contribution in [-0.2, 0) is 20.7 Å². The predicted molar refractivity (Wildman–Crippen MR) is 114 cm³/mol. The number of benzene rings is 3. The molecule has 1 unspecified atom stereocenters. The summed E-state index contributed by atoms with van der Waals surface area (Å²) in [6.07, 6.45) is -1.27. The zero-order valence-electron chi connectivity index (χ0n) is 17.1. The summed E-state index contributed by atoms with van der Waals surface area (Å²) in [7, 11) is 0. The molecule has 0 aromatic heterocycles. The van der Waals surface area contributed by atoms with E-state index in [2.05, 4.69) is 5.32 Å². The van der Waals surface area contributed by atoms with Gasteiger partial charge in [-0.15, -0.1) is 0 Å². The molecule has 1 amide bonds. The zero-order chi connectivity index (χ0) is 22.8. The van der Waals surface area contributed by atoms with Crippen molar-refractivity contribution in [2.75, 3.05) is 5.32 Å². The van der Waals surface area contributed by atoms with Gasteiger partial charge in [0.05, 0.1) is 17.7 Å². The maximum atomic E-state index is 13.0. The van der Waals surface area contributed by atoms with Crippen LogP contribution in [0.4, 0.5) is 10.1 Å². The van der Waals surface area contributed by atoms with Crippen LogP contribution in [0.3, 0.4) is 0 Å². The number of halogens is 1. The van der Waals surface area contributed by atoms with Crippen LogP contribution in [0, 0.1) is 5.82 Å². The predicted octanol–water partition coefficient (Wildman–Crippen LogP) is 3.71. The van der Waals surface area contributed by atoms with Gasteiger partial charge >= 0.3 is 5.97 Å². The van der Waals surface area contributed by atoms with Gasteiger partial charge in [0.2, 0.25) is 0 Å². The molecule has 1 N–H and O–H groups in total. The molecule has 1 atom stereocenters. The number of nitrogens with one attached hydrogen (secondary N) is 1. The number of anilines is 1. The van der Waals surface area contributed by atoms with Gasteiger partial charge in [-0.2, -0.15) is 0 Å². The van der Waals surface area contributed by atoms with E-state index in [4.69, 9.17) is 4.74 Å². The Balaban J connectivity index is 1.49. The van der Waals surface area contributed by atoms with Gasteiger partial charge in [-0.1, -0.05) is 48.5 Å². The van der Waals surface area contributed by atoms with Crippen LogP contribution in [0.25, 0.3) is 0 Å². The second-order valence-electron chi connectivity index (χ2n) is 7.36. The number of hydrogen-bond acceptors (Lipinski definition) is 5. The van der Waals surface area contributed by atoms with E-state index in [9.17, 15) is 23.6 Å². The summed E-state index contributed by atoms with van der Waals surface area (Å²) in [5.74, 6) is -2.40. The van der Waals surface area contributed by atoms with Gasteiger partial charge in [0.15, 0.2) is 17.7 Å². The molecular formula is C25H18FNO5. The average Bonchev–Trinajstić information content (AvgIpc) is 2.79. The number of ether oxygens (including phenoxy) is 1. The van der Waals surface area contributed by atoms with Crippen molar-refractivity contribution < 1.29 is 28.3 Å². The number of esters is 1. The molecule has 160 valence electrons. The monoisotopic (exact) mass is 431 g/mol. The molecule has 3 aromatic carbocycles. The summed E-state index contributed by atoms with van der Waals surface area (Å²) in [6.45, 7) is 1.40. The van der Waals surface area contributed by atoms with Crippen molar-refractivity contribution >= 4 is 29.1 Å². The Morgan fingerprint density at radius 2 is 1.50 bits per heavy atom. The Morgan fingerprint density at radius 1 is 0.875 bits per heavy atom. The molecule has 4 rings (SSSR count). The van der Waals surface area contributed by atoms with E-state index < -0.39 is 23.8 Å². The Hall–Kier alpha value is -4.13. The molecule has 1 aliphatic carbocycles. The topological polar surface area (TPSA) is 89.5 Å². The highest BCUT2D eigenvalue weighted by Gasteiger charge is 2.32. The molecule has 0 saturated heterocycles. The van der Waals surface area contributed by atoms with Crippen molar-refractivity contribution in [1.82, 2.24) is 0 Å². The lowest BCUT2D eigenvalue weighted by Gasteiger charge is -2.21. The van der Waals surface area contributed by atoms with Crippen LogP contribution in [0.1, 0.15) is 44.3 Å². The van der Waals surface area contributed by atoms with Gasteiger partial charge in [-0.3, -0.25) is 19.2 Å². The zero-order valence-corrected chi connectivity index (χ0v) is 17.1. The minimum atomic E-state index is -1.15. The first kappa shape index (κ1) is 21.1. The summed E-state index contributed by atoms with van der Waals surface area (Å²) in [5, 5.41) is 2.59. The maximum Gasteiger partial charge on any atom is 0.311 e. The summed E-state index contributed by atoms with van der Waals surface area (Å²) < 4.78 is 18.2. The third-order valence-electron chi connectivity index (χ3n) is 5.15.